The summed E-state index contributed by atoms with van der Waals surface area (Å²) in [4.78, 5) is 20.6. The van der Waals surface area contributed by atoms with Crippen LogP contribution in [0, 0.1) is 23.1 Å². The number of benzene rings is 1. The zero-order valence-electron chi connectivity index (χ0n) is 15.4. The van der Waals surface area contributed by atoms with Crippen molar-refractivity contribution >= 4 is 23.6 Å². The number of hydrogen-bond acceptors (Lipinski definition) is 5. The third-order valence-electron chi connectivity index (χ3n) is 4.94. The van der Waals surface area contributed by atoms with E-state index in [2.05, 4.69) is 21.4 Å². The van der Waals surface area contributed by atoms with E-state index in [9.17, 15) is 14.4 Å². The van der Waals surface area contributed by atoms with Gasteiger partial charge in [-0.3, -0.25) is 9.79 Å². The average molecular weight is 372 g/mol. The van der Waals surface area contributed by atoms with Crippen molar-refractivity contribution in [2.45, 2.75) is 43.7 Å². The van der Waals surface area contributed by atoms with Crippen LogP contribution >= 0.6 is 0 Å². The number of nitrogens with one attached hydrogen (secondary N) is 1. The van der Waals surface area contributed by atoms with Gasteiger partial charge in [0, 0.05) is 12.3 Å². The van der Waals surface area contributed by atoms with Gasteiger partial charge < -0.3 is 16.8 Å². The van der Waals surface area contributed by atoms with Gasteiger partial charge >= 0.3 is 0 Å². The third-order valence-corrected chi connectivity index (χ3v) is 4.94. The van der Waals surface area contributed by atoms with Crippen LogP contribution in [0.2, 0.25) is 0 Å². The fourth-order valence-electron chi connectivity index (χ4n) is 3.20. The maximum atomic E-state index is 13.0. The number of rotatable bonds is 7. The second-order valence-corrected chi connectivity index (χ2v) is 6.79. The Labute approximate surface area is 158 Å². The second-order valence-electron chi connectivity index (χ2n) is 6.79. The molecule has 27 heavy (non-hydrogen) atoms. The molecule has 8 heteroatoms. The normalized spacial score (nSPS) is 24.5. The fraction of sp³-hybridized carbons (Fsp3) is 0.474. The van der Waals surface area contributed by atoms with Crippen LogP contribution in [0.3, 0.4) is 0 Å². The van der Waals surface area contributed by atoms with Crippen molar-refractivity contribution in [2.24, 2.45) is 27.4 Å². The van der Waals surface area contributed by atoms with Crippen molar-refractivity contribution in [3.8, 4) is 6.07 Å². The molecular formula is C19H25FN6O. The van der Waals surface area contributed by atoms with E-state index in [1.165, 1.54) is 30.5 Å². The van der Waals surface area contributed by atoms with E-state index < -0.39 is 23.2 Å². The number of amidine groups is 1. The van der Waals surface area contributed by atoms with Crippen molar-refractivity contribution in [1.82, 2.24) is 5.32 Å². The lowest BCUT2D eigenvalue weighted by molar-refractivity contribution is -0.118. The number of nitrogens with zero attached hydrogens (tertiary/aromatic N) is 3. The summed E-state index contributed by atoms with van der Waals surface area (Å²) in [7, 11) is 1.92. The Morgan fingerprint density at radius 2 is 2.04 bits per heavy atom. The first-order chi connectivity index (χ1) is 12.9. The van der Waals surface area contributed by atoms with Gasteiger partial charge in [-0.1, -0.05) is 0 Å². The number of carbonyl (C=O) groups excluding carboxylic acids is 1. The van der Waals surface area contributed by atoms with Crippen molar-refractivity contribution in [3.05, 3.63) is 30.1 Å². The summed E-state index contributed by atoms with van der Waals surface area (Å²) in [6.45, 7) is 0. The Bertz CT molecular complexity index is 744. The molecule has 1 unspecified atom stereocenters. The zero-order chi connectivity index (χ0) is 19.9. The third kappa shape index (κ3) is 5.59. The summed E-state index contributed by atoms with van der Waals surface area (Å²) in [6, 6.07) is 8.00. The highest BCUT2D eigenvalue weighted by atomic mass is 19.1. The first kappa shape index (κ1) is 20.5. The standard InChI is InChI=1S/C19H25FN6O/c1-24-14-6-8-19(9-7-14,10-11-21)25-12-16(18(23)27)17(22)26-15-4-2-13(20)3-5-15/h2-5,12,14,16,24H,6-10H2,1H3,(H2,22,26)(H2,23,27). The number of halogens is 1. The van der Waals surface area contributed by atoms with Crippen molar-refractivity contribution < 1.29 is 9.18 Å². The zero-order valence-corrected chi connectivity index (χ0v) is 15.4. The molecule has 0 spiro atoms. The largest absolute Gasteiger partial charge is 0.386 e. The van der Waals surface area contributed by atoms with Gasteiger partial charge in [0.15, 0.2) is 0 Å². The molecule has 1 aromatic rings. The minimum atomic E-state index is -0.993. The topological polar surface area (TPSA) is 130 Å². The number of aliphatic imine (C=N–C) groups is 2. The molecule has 1 aliphatic rings. The number of hydrogen-bond donors (Lipinski definition) is 3. The number of carbonyl (C=O) groups is 1. The van der Waals surface area contributed by atoms with Crippen LogP contribution in [0.1, 0.15) is 32.1 Å². The van der Waals surface area contributed by atoms with Crippen LogP contribution in [0.5, 0.6) is 0 Å². The van der Waals surface area contributed by atoms with Crippen LogP contribution < -0.4 is 16.8 Å². The molecular weight excluding hydrogens is 347 g/mol. The quantitative estimate of drug-likeness (QED) is 0.498. The van der Waals surface area contributed by atoms with Crippen LogP contribution in [0.15, 0.2) is 34.3 Å². The minimum Gasteiger partial charge on any atom is -0.386 e. The molecule has 1 amide bonds. The molecule has 1 aliphatic carbocycles. The Morgan fingerprint density at radius 1 is 1.41 bits per heavy atom. The molecule has 144 valence electrons. The predicted molar refractivity (Wildman–Crippen MR) is 103 cm³/mol. The molecule has 1 saturated carbocycles. The van der Waals surface area contributed by atoms with Gasteiger partial charge in [-0.15, -0.1) is 0 Å². The average Bonchev–Trinajstić information content (AvgIpc) is 2.64. The number of primary amides is 1. The Kier molecular flexibility index (Phi) is 7.02. The van der Waals surface area contributed by atoms with Gasteiger partial charge in [-0.25, -0.2) is 9.38 Å². The lowest BCUT2D eigenvalue weighted by atomic mass is 9.78. The molecule has 5 N–H and O–H groups in total. The van der Waals surface area contributed by atoms with E-state index in [-0.39, 0.29) is 12.3 Å². The van der Waals surface area contributed by atoms with Gasteiger partial charge in [-0.05, 0) is 57.0 Å². The molecule has 1 aromatic carbocycles. The number of nitriles is 1. The molecule has 0 aromatic heterocycles. The SMILES string of the molecule is CNC1CCC(CC#N)(N=CC(C(N)=O)C(N)=Nc2ccc(F)cc2)CC1. The van der Waals surface area contributed by atoms with E-state index >= 15 is 0 Å². The summed E-state index contributed by atoms with van der Waals surface area (Å²) < 4.78 is 13.0. The summed E-state index contributed by atoms with van der Waals surface area (Å²) in [5.41, 5.74) is 11.3. The summed E-state index contributed by atoms with van der Waals surface area (Å²) in [5.74, 6) is -2.09. The van der Waals surface area contributed by atoms with Crippen LogP contribution in [0.25, 0.3) is 0 Å². The summed E-state index contributed by atoms with van der Waals surface area (Å²) >= 11 is 0. The van der Waals surface area contributed by atoms with E-state index in [4.69, 9.17) is 11.5 Å². The highest BCUT2D eigenvalue weighted by molar-refractivity contribution is 6.14. The highest BCUT2D eigenvalue weighted by Crippen LogP contribution is 2.34. The Hall–Kier alpha value is -2.79. The molecule has 0 radical (unpaired) electrons. The molecule has 0 saturated heterocycles. The van der Waals surface area contributed by atoms with Crippen molar-refractivity contribution in [1.29, 1.82) is 5.26 Å². The molecule has 0 aliphatic heterocycles. The molecule has 0 heterocycles. The van der Waals surface area contributed by atoms with Gasteiger partial charge in [0.25, 0.3) is 0 Å². The van der Waals surface area contributed by atoms with E-state index in [0.717, 1.165) is 25.7 Å². The lowest BCUT2D eigenvalue weighted by Gasteiger charge is -2.35. The second kappa shape index (κ2) is 9.24. The van der Waals surface area contributed by atoms with E-state index in [0.29, 0.717) is 11.7 Å². The maximum Gasteiger partial charge on any atom is 0.233 e. The Morgan fingerprint density at radius 3 is 2.56 bits per heavy atom. The maximum absolute atomic E-state index is 13.0. The highest BCUT2D eigenvalue weighted by Gasteiger charge is 2.34. The Balaban J connectivity index is 2.21. The van der Waals surface area contributed by atoms with E-state index in [1.54, 1.807) is 0 Å². The monoisotopic (exact) mass is 372 g/mol. The first-order valence-electron chi connectivity index (χ1n) is 8.87. The van der Waals surface area contributed by atoms with Crippen LogP contribution in [0.4, 0.5) is 10.1 Å². The molecule has 1 atom stereocenters. The molecule has 7 nitrogen and oxygen atoms in total. The predicted octanol–water partition coefficient (Wildman–Crippen LogP) is 1.80. The molecule has 2 rings (SSSR count). The van der Waals surface area contributed by atoms with Gasteiger partial charge in [0.2, 0.25) is 5.91 Å². The smallest absolute Gasteiger partial charge is 0.233 e. The summed E-state index contributed by atoms with van der Waals surface area (Å²) in [6.07, 6.45) is 4.94. The number of amides is 1. The summed E-state index contributed by atoms with van der Waals surface area (Å²) in [5, 5.41) is 12.4. The van der Waals surface area contributed by atoms with Crippen molar-refractivity contribution in [3.63, 3.8) is 0 Å². The van der Waals surface area contributed by atoms with Crippen molar-refractivity contribution in [2.75, 3.05) is 7.05 Å². The van der Waals surface area contributed by atoms with Gasteiger partial charge in [0.1, 0.15) is 17.6 Å². The van der Waals surface area contributed by atoms with Gasteiger partial charge in [-0.2, -0.15) is 5.26 Å². The molecule has 0 bridgehead atoms. The van der Waals surface area contributed by atoms with E-state index in [1.807, 2.05) is 7.05 Å². The molecule has 1 fully saturated rings. The minimum absolute atomic E-state index is 0.0196. The van der Waals surface area contributed by atoms with Gasteiger partial charge in [0.05, 0.1) is 23.7 Å². The van der Waals surface area contributed by atoms with Crippen LogP contribution in [-0.4, -0.2) is 36.6 Å². The number of nitrogens with two attached hydrogens (primary N) is 2. The lowest BCUT2D eigenvalue weighted by Crippen LogP contribution is -2.41. The fourth-order valence-corrected chi connectivity index (χ4v) is 3.20. The van der Waals surface area contributed by atoms with Crippen LogP contribution in [-0.2, 0) is 4.79 Å². The first-order valence-corrected chi connectivity index (χ1v) is 8.87.